The number of nitrogens with zero attached hydrogens (tertiary/aromatic N) is 1. The van der Waals surface area contributed by atoms with E-state index in [1.807, 2.05) is 6.26 Å². The lowest BCUT2D eigenvalue weighted by Gasteiger charge is -2.27. The van der Waals surface area contributed by atoms with E-state index >= 15 is 0 Å². The van der Waals surface area contributed by atoms with Crippen molar-refractivity contribution in [2.45, 2.75) is 63.7 Å². The van der Waals surface area contributed by atoms with Crippen LogP contribution >= 0.6 is 11.8 Å². The molecular formula is C21H34N6O7S. The Morgan fingerprint density at radius 1 is 1.03 bits per heavy atom. The monoisotopic (exact) mass is 514 g/mol. The minimum absolute atomic E-state index is 0.0512. The molecule has 0 aromatic carbocycles. The molecule has 1 heterocycles. The maximum absolute atomic E-state index is 13.1. The van der Waals surface area contributed by atoms with Crippen LogP contribution in [0.5, 0.6) is 0 Å². The number of aliphatic carboxylic acids is 2. The van der Waals surface area contributed by atoms with Crippen molar-refractivity contribution in [1.82, 2.24) is 25.9 Å². The van der Waals surface area contributed by atoms with Gasteiger partial charge in [-0.15, -0.1) is 0 Å². The van der Waals surface area contributed by atoms with Crippen LogP contribution in [-0.4, -0.2) is 86.0 Å². The Labute approximate surface area is 207 Å². The molecular weight excluding hydrogens is 480 g/mol. The molecule has 4 atom stereocenters. The van der Waals surface area contributed by atoms with Crippen LogP contribution in [0.3, 0.4) is 0 Å². The zero-order valence-corrected chi connectivity index (χ0v) is 20.8. The van der Waals surface area contributed by atoms with Gasteiger partial charge in [-0.3, -0.25) is 19.2 Å². The van der Waals surface area contributed by atoms with Gasteiger partial charge in [-0.25, -0.2) is 9.78 Å². The fraction of sp³-hybridized carbons (Fsp3) is 0.619. The van der Waals surface area contributed by atoms with Crippen LogP contribution in [0.2, 0.25) is 0 Å². The van der Waals surface area contributed by atoms with Crippen LogP contribution in [0.4, 0.5) is 0 Å². The van der Waals surface area contributed by atoms with E-state index in [9.17, 15) is 29.1 Å². The van der Waals surface area contributed by atoms with E-state index in [4.69, 9.17) is 10.8 Å². The number of hydrogen-bond donors (Lipinski definition) is 7. The first-order valence-electron chi connectivity index (χ1n) is 11.0. The summed E-state index contributed by atoms with van der Waals surface area (Å²) >= 11 is 1.53. The van der Waals surface area contributed by atoms with Gasteiger partial charge in [-0.05, 0) is 30.8 Å². The zero-order valence-electron chi connectivity index (χ0n) is 19.9. The number of carbonyl (C=O) groups excluding carboxylic acids is 3. The first-order chi connectivity index (χ1) is 16.5. The number of aromatic amines is 1. The molecule has 0 fully saturated rings. The molecule has 13 nitrogen and oxygen atoms in total. The Hall–Kier alpha value is -3.13. The molecule has 0 aliphatic carbocycles. The second kappa shape index (κ2) is 15.0. The number of aromatic nitrogens is 2. The molecule has 1 aromatic rings. The van der Waals surface area contributed by atoms with Crippen LogP contribution in [-0.2, 0) is 30.4 Å². The quantitative estimate of drug-likeness (QED) is 0.144. The lowest BCUT2D eigenvalue weighted by Crippen LogP contribution is -2.59. The average Bonchev–Trinajstić information content (AvgIpc) is 3.30. The fourth-order valence-electron chi connectivity index (χ4n) is 3.06. The number of nitrogens with one attached hydrogen (secondary N) is 4. The van der Waals surface area contributed by atoms with Crippen molar-refractivity contribution in [3.8, 4) is 0 Å². The Morgan fingerprint density at radius 2 is 1.69 bits per heavy atom. The molecule has 8 N–H and O–H groups in total. The third-order valence-corrected chi connectivity index (χ3v) is 5.73. The van der Waals surface area contributed by atoms with Gasteiger partial charge in [0.05, 0.1) is 12.4 Å². The molecule has 0 bridgehead atoms. The van der Waals surface area contributed by atoms with Crippen LogP contribution in [0.1, 0.15) is 38.8 Å². The summed E-state index contributed by atoms with van der Waals surface area (Å²) in [7, 11) is 0. The second-order valence-electron chi connectivity index (χ2n) is 8.29. The van der Waals surface area contributed by atoms with Gasteiger partial charge in [-0.1, -0.05) is 13.8 Å². The summed E-state index contributed by atoms with van der Waals surface area (Å²) in [6.07, 6.45) is 4.49. The second-order valence-corrected chi connectivity index (χ2v) is 9.28. The lowest BCUT2D eigenvalue weighted by molar-refractivity contribution is -0.143. The molecule has 0 aliphatic heterocycles. The molecule has 0 radical (unpaired) electrons. The van der Waals surface area contributed by atoms with E-state index in [0.29, 0.717) is 17.9 Å². The van der Waals surface area contributed by atoms with Gasteiger partial charge in [0.1, 0.15) is 18.1 Å². The zero-order chi connectivity index (χ0) is 26.5. The van der Waals surface area contributed by atoms with E-state index in [1.165, 1.54) is 24.3 Å². The van der Waals surface area contributed by atoms with Crippen molar-refractivity contribution in [3.05, 3.63) is 18.2 Å². The summed E-state index contributed by atoms with van der Waals surface area (Å²) in [6.45, 7) is 3.30. The van der Waals surface area contributed by atoms with Gasteiger partial charge in [0.25, 0.3) is 0 Å². The number of amides is 3. The minimum Gasteiger partial charge on any atom is -0.481 e. The lowest BCUT2D eigenvalue weighted by atomic mass is 10.0. The standard InChI is InChI=1S/C21H34N6O7S/c1-11(2)17(20(32)25-14(21(33)34)4-5-16(28)29)27-19(31)15(8-12-9-23-10-24-12)26-18(30)13(22)6-7-35-3/h9-11,13-15,17H,4-8,22H2,1-3H3,(H,23,24)(H,25,32)(H,26,30)(H,27,31)(H,28,29)(H,33,34). The predicted molar refractivity (Wildman–Crippen MR) is 128 cm³/mol. The van der Waals surface area contributed by atoms with E-state index in [0.717, 1.165) is 0 Å². The number of thioether (sulfide) groups is 1. The molecule has 35 heavy (non-hydrogen) atoms. The summed E-state index contributed by atoms with van der Waals surface area (Å²) in [5.74, 6) is -4.35. The van der Waals surface area contributed by atoms with Crippen LogP contribution in [0, 0.1) is 5.92 Å². The van der Waals surface area contributed by atoms with Crippen LogP contribution in [0.25, 0.3) is 0 Å². The summed E-state index contributed by atoms with van der Waals surface area (Å²) in [6, 6.07) is -4.49. The van der Waals surface area contributed by atoms with E-state index in [-0.39, 0.29) is 12.8 Å². The van der Waals surface area contributed by atoms with Gasteiger partial charge in [0.2, 0.25) is 17.7 Å². The highest BCUT2D eigenvalue weighted by Gasteiger charge is 2.32. The maximum Gasteiger partial charge on any atom is 0.326 e. The van der Waals surface area contributed by atoms with Gasteiger partial charge in [0, 0.05) is 24.7 Å². The van der Waals surface area contributed by atoms with Crippen molar-refractivity contribution in [3.63, 3.8) is 0 Å². The van der Waals surface area contributed by atoms with Crippen molar-refractivity contribution in [2.24, 2.45) is 11.7 Å². The molecule has 1 rings (SSSR count). The molecule has 0 saturated heterocycles. The summed E-state index contributed by atoms with van der Waals surface area (Å²) in [5, 5.41) is 25.6. The highest BCUT2D eigenvalue weighted by Crippen LogP contribution is 2.08. The fourth-order valence-corrected chi connectivity index (χ4v) is 3.55. The number of rotatable bonds is 16. The Morgan fingerprint density at radius 3 is 2.20 bits per heavy atom. The summed E-state index contributed by atoms with van der Waals surface area (Å²) < 4.78 is 0. The number of hydrogen-bond acceptors (Lipinski definition) is 8. The largest absolute Gasteiger partial charge is 0.481 e. The molecule has 196 valence electrons. The van der Waals surface area contributed by atoms with Gasteiger partial charge >= 0.3 is 11.9 Å². The normalized spacial score (nSPS) is 14.4. The number of carboxylic acid groups (broad SMARTS) is 2. The third-order valence-electron chi connectivity index (χ3n) is 5.09. The SMILES string of the molecule is CSCCC(N)C(=O)NC(Cc1cnc[nH]1)C(=O)NC(C(=O)NC(CCC(=O)O)C(=O)O)C(C)C. The number of carbonyl (C=O) groups is 5. The molecule has 0 aliphatic rings. The Balaban J connectivity index is 2.98. The maximum atomic E-state index is 13.1. The number of carboxylic acids is 2. The van der Waals surface area contributed by atoms with Crippen molar-refractivity contribution in [2.75, 3.05) is 12.0 Å². The van der Waals surface area contributed by atoms with Gasteiger partial charge in [-0.2, -0.15) is 11.8 Å². The molecule has 14 heteroatoms. The predicted octanol–water partition coefficient (Wildman–Crippen LogP) is -0.908. The molecule has 0 saturated carbocycles. The van der Waals surface area contributed by atoms with Crippen molar-refractivity contribution in [1.29, 1.82) is 0 Å². The van der Waals surface area contributed by atoms with Crippen LogP contribution < -0.4 is 21.7 Å². The highest BCUT2D eigenvalue weighted by atomic mass is 32.2. The van der Waals surface area contributed by atoms with E-state index < -0.39 is 66.2 Å². The van der Waals surface area contributed by atoms with Crippen molar-refractivity contribution >= 4 is 41.4 Å². The Bertz CT molecular complexity index is 864. The first-order valence-corrected chi connectivity index (χ1v) is 12.4. The number of H-pyrrole nitrogens is 1. The third kappa shape index (κ3) is 10.8. The first kappa shape index (κ1) is 29.9. The number of nitrogens with two attached hydrogens (primary N) is 1. The topological polar surface area (TPSA) is 217 Å². The van der Waals surface area contributed by atoms with Crippen molar-refractivity contribution < 1.29 is 34.2 Å². The van der Waals surface area contributed by atoms with E-state index in [2.05, 4.69) is 25.9 Å². The highest BCUT2D eigenvalue weighted by molar-refractivity contribution is 7.98. The molecule has 1 aromatic heterocycles. The van der Waals surface area contributed by atoms with E-state index in [1.54, 1.807) is 13.8 Å². The molecule has 4 unspecified atom stereocenters. The minimum atomic E-state index is -1.44. The number of imidazole rings is 1. The van der Waals surface area contributed by atoms with Gasteiger partial charge in [0.15, 0.2) is 0 Å². The van der Waals surface area contributed by atoms with Gasteiger partial charge < -0.3 is 36.9 Å². The molecule has 3 amide bonds. The average molecular weight is 515 g/mol. The summed E-state index contributed by atoms with van der Waals surface area (Å²) in [4.78, 5) is 67.4. The molecule has 0 spiro atoms. The smallest absolute Gasteiger partial charge is 0.326 e. The van der Waals surface area contributed by atoms with Crippen LogP contribution in [0.15, 0.2) is 12.5 Å². The summed E-state index contributed by atoms with van der Waals surface area (Å²) in [5.41, 5.74) is 6.48. The Kier molecular flexibility index (Phi) is 12.8.